The monoisotopic (exact) mass is 488 g/mol. The first-order valence-corrected chi connectivity index (χ1v) is 11.9. The molecule has 2 amide bonds. The molecule has 1 unspecified atom stereocenters. The molecule has 0 saturated carbocycles. The number of esters is 1. The fraction of sp³-hybridized carbons (Fsp3) is 0.857. The first kappa shape index (κ1) is 23.5. The van der Waals surface area contributed by atoms with E-state index < -0.39 is 35.6 Å². The molecule has 170 valence electrons. The second-order valence-electron chi connectivity index (χ2n) is 8.75. The summed E-state index contributed by atoms with van der Waals surface area (Å²) in [5, 5.41) is 11.9. The summed E-state index contributed by atoms with van der Waals surface area (Å²) in [5.41, 5.74) is -1.02. The number of aliphatic hydroxyl groups excluding tert-OH is 1. The van der Waals surface area contributed by atoms with Crippen LogP contribution in [0.3, 0.4) is 0 Å². The van der Waals surface area contributed by atoms with Crippen LogP contribution in [-0.4, -0.2) is 76.2 Å². The minimum Gasteiger partial charge on any atom is -0.466 e. The van der Waals surface area contributed by atoms with Crippen molar-refractivity contribution in [2.45, 2.75) is 81.5 Å². The summed E-state index contributed by atoms with van der Waals surface area (Å²) in [6.07, 6.45) is 3.19. The number of alkyl halides is 1. The largest absolute Gasteiger partial charge is 0.466 e. The lowest BCUT2D eigenvalue weighted by Gasteiger charge is -2.34. The average molecular weight is 489 g/mol. The van der Waals surface area contributed by atoms with Gasteiger partial charge in [0, 0.05) is 24.0 Å². The van der Waals surface area contributed by atoms with Crippen molar-refractivity contribution in [3.63, 3.8) is 0 Å². The van der Waals surface area contributed by atoms with Crippen LogP contribution in [0.5, 0.6) is 0 Å². The van der Waals surface area contributed by atoms with Crippen LogP contribution >= 0.6 is 15.9 Å². The molecule has 0 aliphatic carbocycles. The fourth-order valence-corrected chi connectivity index (χ4v) is 6.23. The van der Waals surface area contributed by atoms with Crippen LogP contribution in [-0.2, 0) is 23.9 Å². The molecule has 2 bridgehead atoms. The standard InChI is InChI=1S/C21H33BrN2O6/c1-4-29-20(28)14-15-19(27)24(9-7-5-6-8-10-25)17(18(26)23-12(2)3)21(15)11-13(22)16(14)30-21/h12-17,25H,4-11H2,1-3H3,(H,23,26)/t13?,14-,15+,16-,17-,21+/m1/s1. The van der Waals surface area contributed by atoms with Gasteiger partial charge in [0.1, 0.15) is 11.6 Å². The molecule has 3 fully saturated rings. The predicted octanol–water partition coefficient (Wildman–Crippen LogP) is 1.37. The third-order valence-electron chi connectivity index (χ3n) is 6.33. The van der Waals surface area contributed by atoms with E-state index in [0.717, 1.165) is 25.7 Å². The number of halogens is 1. The normalized spacial score (nSPS) is 34.5. The maximum absolute atomic E-state index is 13.5. The quantitative estimate of drug-likeness (QED) is 0.273. The van der Waals surface area contributed by atoms with Gasteiger partial charge in [0.15, 0.2) is 0 Å². The Kier molecular flexibility index (Phi) is 7.45. The Balaban J connectivity index is 1.89. The van der Waals surface area contributed by atoms with E-state index in [1.165, 1.54) is 0 Å². The molecule has 1 spiro atoms. The van der Waals surface area contributed by atoms with Crippen molar-refractivity contribution in [1.29, 1.82) is 0 Å². The molecule has 0 aromatic carbocycles. The summed E-state index contributed by atoms with van der Waals surface area (Å²) in [5.74, 6) is -2.26. The van der Waals surface area contributed by atoms with Crippen molar-refractivity contribution in [3.8, 4) is 0 Å². The van der Waals surface area contributed by atoms with Gasteiger partial charge in [-0.2, -0.15) is 0 Å². The minimum absolute atomic E-state index is 0.0753. The van der Waals surface area contributed by atoms with Crippen molar-refractivity contribution in [2.24, 2.45) is 11.8 Å². The Labute approximate surface area is 186 Å². The Hall–Kier alpha value is -1.19. The predicted molar refractivity (Wildman–Crippen MR) is 113 cm³/mol. The van der Waals surface area contributed by atoms with Crippen molar-refractivity contribution >= 4 is 33.7 Å². The van der Waals surface area contributed by atoms with Gasteiger partial charge >= 0.3 is 5.97 Å². The van der Waals surface area contributed by atoms with Crippen LogP contribution in [0.1, 0.15) is 52.9 Å². The molecular weight excluding hydrogens is 456 g/mol. The number of unbranched alkanes of at least 4 members (excludes halogenated alkanes) is 3. The van der Waals surface area contributed by atoms with E-state index in [1.807, 2.05) is 13.8 Å². The van der Waals surface area contributed by atoms with E-state index in [9.17, 15) is 14.4 Å². The zero-order valence-electron chi connectivity index (χ0n) is 17.9. The van der Waals surface area contributed by atoms with Gasteiger partial charge in [-0.1, -0.05) is 28.8 Å². The lowest BCUT2D eigenvalue weighted by Crippen LogP contribution is -2.56. The van der Waals surface area contributed by atoms with Crippen LogP contribution in [0.15, 0.2) is 0 Å². The number of carbonyl (C=O) groups is 3. The average Bonchev–Trinajstić information content (AvgIpc) is 3.25. The molecule has 3 aliphatic heterocycles. The van der Waals surface area contributed by atoms with Crippen molar-refractivity contribution in [1.82, 2.24) is 10.2 Å². The van der Waals surface area contributed by atoms with Gasteiger partial charge in [0.25, 0.3) is 0 Å². The Morgan fingerprint density at radius 3 is 2.67 bits per heavy atom. The third kappa shape index (κ3) is 4.00. The molecule has 0 aromatic rings. The van der Waals surface area contributed by atoms with Crippen molar-refractivity contribution in [2.75, 3.05) is 19.8 Å². The second-order valence-corrected chi connectivity index (χ2v) is 9.92. The van der Waals surface area contributed by atoms with E-state index in [1.54, 1.807) is 11.8 Å². The van der Waals surface area contributed by atoms with E-state index >= 15 is 0 Å². The third-order valence-corrected chi connectivity index (χ3v) is 7.18. The van der Waals surface area contributed by atoms with Crippen LogP contribution in [0, 0.1) is 11.8 Å². The van der Waals surface area contributed by atoms with Crippen molar-refractivity contribution < 1.29 is 29.0 Å². The number of nitrogens with one attached hydrogen (secondary N) is 1. The fourth-order valence-electron chi connectivity index (χ4n) is 5.29. The van der Waals surface area contributed by atoms with E-state index in [4.69, 9.17) is 14.6 Å². The lowest BCUT2D eigenvalue weighted by molar-refractivity contribution is -0.154. The highest BCUT2D eigenvalue weighted by Crippen LogP contribution is 2.60. The molecule has 3 saturated heterocycles. The number of hydrogen-bond acceptors (Lipinski definition) is 6. The number of ether oxygens (including phenoxy) is 2. The zero-order chi connectivity index (χ0) is 22.1. The smallest absolute Gasteiger partial charge is 0.312 e. The van der Waals surface area contributed by atoms with Crippen LogP contribution < -0.4 is 5.32 Å². The Bertz CT molecular complexity index is 674. The highest BCUT2D eigenvalue weighted by molar-refractivity contribution is 9.09. The van der Waals surface area contributed by atoms with E-state index in [2.05, 4.69) is 21.2 Å². The van der Waals surface area contributed by atoms with E-state index in [-0.39, 0.29) is 35.9 Å². The van der Waals surface area contributed by atoms with Gasteiger partial charge in [-0.15, -0.1) is 0 Å². The summed E-state index contributed by atoms with van der Waals surface area (Å²) in [7, 11) is 0. The molecule has 0 aromatic heterocycles. The highest BCUT2D eigenvalue weighted by atomic mass is 79.9. The first-order valence-electron chi connectivity index (χ1n) is 11.0. The summed E-state index contributed by atoms with van der Waals surface area (Å²) >= 11 is 3.62. The number of nitrogens with zero attached hydrogens (tertiary/aromatic N) is 1. The number of aliphatic hydroxyl groups is 1. The number of carbonyl (C=O) groups excluding carboxylic acids is 3. The Morgan fingerprint density at radius 1 is 1.33 bits per heavy atom. The summed E-state index contributed by atoms with van der Waals surface area (Å²) in [6.45, 7) is 6.30. The first-order chi connectivity index (χ1) is 14.3. The molecule has 30 heavy (non-hydrogen) atoms. The maximum atomic E-state index is 13.5. The molecule has 9 heteroatoms. The lowest BCUT2D eigenvalue weighted by atomic mass is 9.70. The van der Waals surface area contributed by atoms with Gasteiger partial charge in [-0.25, -0.2) is 0 Å². The van der Waals surface area contributed by atoms with Crippen molar-refractivity contribution in [3.05, 3.63) is 0 Å². The summed E-state index contributed by atoms with van der Waals surface area (Å²) < 4.78 is 11.6. The number of likely N-dealkylation sites (tertiary alicyclic amines) is 1. The van der Waals surface area contributed by atoms with Gasteiger partial charge in [0.2, 0.25) is 11.8 Å². The minimum atomic E-state index is -1.02. The summed E-state index contributed by atoms with van der Waals surface area (Å²) in [6, 6.07) is -0.839. The number of amides is 2. The van der Waals surface area contributed by atoms with Gasteiger partial charge in [-0.05, 0) is 40.0 Å². The molecule has 3 aliphatic rings. The molecule has 8 nitrogen and oxygen atoms in total. The maximum Gasteiger partial charge on any atom is 0.312 e. The topological polar surface area (TPSA) is 105 Å². The number of rotatable bonds is 10. The van der Waals surface area contributed by atoms with Crippen LogP contribution in [0.2, 0.25) is 0 Å². The van der Waals surface area contributed by atoms with Crippen LogP contribution in [0.25, 0.3) is 0 Å². The van der Waals surface area contributed by atoms with Gasteiger partial charge < -0.3 is 24.8 Å². The molecule has 2 N–H and O–H groups in total. The molecular formula is C21H33BrN2O6. The van der Waals surface area contributed by atoms with E-state index in [0.29, 0.717) is 13.0 Å². The van der Waals surface area contributed by atoms with Gasteiger partial charge in [-0.3, -0.25) is 14.4 Å². The van der Waals surface area contributed by atoms with Gasteiger partial charge in [0.05, 0.1) is 24.5 Å². The molecule has 3 heterocycles. The number of hydrogen-bond donors (Lipinski definition) is 2. The van der Waals surface area contributed by atoms with Crippen LogP contribution in [0.4, 0.5) is 0 Å². The highest BCUT2D eigenvalue weighted by Gasteiger charge is 2.76. The SMILES string of the molecule is CCOC(=O)[C@H]1[C@@H]2O[C@@]3(CC2Br)[C@@H]1C(=O)N(CCCCCCO)[C@@H]3C(=O)NC(C)C. The Morgan fingerprint density at radius 2 is 2.03 bits per heavy atom. The molecule has 6 atom stereocenters. The molecule has 0 radical (unpaired) electrons. The number of fused-ring (bicyclic) bond motifs is 1. The summed E-state index contributed by atoms with van der Waals surface area (Å²) in [4.78, 5) is 41.0. The second kappa shape index (κ2) is 9.53. The zero-order valence-corrected chi connectivity index (χ0v) is 19.5. The molecule has 3 rings (SSSR count).